The molecule has 0 saturated carbocycles. The predicted octanol–water partition coefficient (Wildman–Crippen LogP) is 3.22. The average molecular weight is 371 g/mol. The zero-order valence-corrected chi connectivity index (χ0v) is 15.9. The number of hydrogen-bond donors (Lipinski definition) is 0. The first-order chi connectivity index (χ1) is 12.8. The second kappa shape index (κ2) is 7.22. The topological polar surface area (TPSA) is 96.5 Å². The highest BCUT2D eigenvalue weighted by atomic mass is 16.6. The zero-order chi connectivity index (χ0) is 19.7. The molecule has 0 aliphatic carbocycles. The molecule has 8 nitrogen and oxygen atoms in total. The summed E-state index contributed by atoms with van der Waals surface area (Å²) in [5.74, 6) is 0.170. The van der Waals surface area contributed by atoms with Crippen LogP contribution in [0.5, 0.6) is 0 Å². The van der Waals surface area contributed by atoms with Gasteiger partial charge in [-0.15, -0.1) is 0 Å². The van der Waals surface area contributed by atoms with Crippen molar-refractivity contribution in [1.82, 2.24) is 14.8 Å². The van der Waals surface area contributed by atoms with Crippen molar-refractivity contribution in [3.05, 3.63) is 35.4 Å². The summed E-state index contributed by atoms with van der Waals surface area (Å²) in [6.07, 6.45) is 1.58. The van der Waals surface area contributed by atoms with E-state index in [0.29, 0.717) is 22.5 Å². The number of ether oxygens (including phenoxy) is 2. The van der Waals surface area contributed by atoms with E-state index in [4.69, 9.17) is 14.1 Å². The van der Waals surface area contributed by atoms with Crippen LogP contribution in [0.3, 0.4) is 0 Å². The molecule has 0 unspecified atom stereocenters. The highest BCUT2D eigenvalue weighted by Crippen LogP contribution is 2.30. The lowest BCUT2D eigenvalue weighted by Crippen LogP contribution is -2.15. The van der Waals surface area contributed by atoms with E-state index in [1.807, 2.05) is 33.8 Å². The lowest BCUT2D eigenvalue weighted by molar-refractivity contribution is -0.144. The second-order valence-corrected chi connectivity index (χ2v) is 6.45. The summed E-state index contributed by atoms with van der Waals surface area (Å²) in [7, 11) is 1.23. The Bertz CT molecular complexity index is 1020. The molecule has 0 saturated heterocycles. The molecule has 142 valence electrons. The maximum atomic E-state index is 12.6. The van der Waals surface area contributed by atoms with Gasteiger partial charge >= 0.3 is 11.9 Å². The van der Waals surface area contributed by atoms with Crippen LogP contribution in [0.25, 0.3) is 22.3 Å². The van der Waals surface area contributed by atoms with E-state index in [-0.39, 0.29) is 11.6 Å². The molecule has 0 bridgehead atoms. The second-order valence-electron chi connectivity index (χ2n) is 6.45. The van der Waals surface area contributed by atoms with Crippen LogP contribution in [-0.2, 0) is 14.3 Å². The lowest BCUT2D eigenvalue weighted by atomic mass is 10.1. The first-order valence-electron chi connectivity index (χ1n) is 8.51. The number of pyridine rings is 1. The molecule has 0 fully saturated rings. The zero-order valence-electron chi connectivity index (χ0n) is 15.9. The molecule has 0 amide bonds. The normalized spacial score (nSPS) is 11.2. The van der Waals surface area contributed by atoms with Gasteiger partial charge in [0.05, 0.1) is 30.0 Å². The third kappa shape index (κ3) is 3.55. The van der Waals surface area contributed by atoms with Gasteiger partial charge in [0.2, 0.25) is 0 Å². The summed E-state index contributed by atoms with van der Waals surface area (Å²) in [5, 5.41) is 4.90. The Morgan fingerprint density at radius 2 is 2.00 bits per heavy atom. The summed E-state index contributed by atoms with van der Waals surface area (Å²) in [5.41, 5.74) is 2.20. The van der Waals surface area contributed by atoms with E-state index < -0.39 is 18.5 Å². The van der Waals surface area contributed by atoms with Gasteiger partial charge < -0.3 is 13.9 Å². The van der Waals surface area contributed by atoms with Crippen LogP contribution in [0.15, 0.2) is 22.7 Å². The molecule has 27 heavy (non-hydrogen) atoms. The number of rotatable bonds is 5. The van der Waals surface area contributed by atoms with Gasteiger partial charge in [0.25, 0.3) is 0 Å². The minimum absolute atomic E-state index is 0.0522. The van der Waals surface area contributed by atoms with E-state index >= 15 is 0 Å². The molecule has 0 spiro atoms. The van der Waals surface area contributed by atoms with Crippen LogP contribution < -0.4 is 0 Å². The van der Waals surface area contributed by atoms with Crippen LogP contribution in [0, 0.1) is 13.8 Å². The fourth-order valence-corrected chi connectivity index (χ4v) is 2.85. The van der Waals surface area contributed by atoms with Crippen molar-refractivity contribution in [2.75, 3.05) is 13.7 Å². The number of carbonyl (C=O) groups excluding carboxylic acids is 2. The molecular weight excluding hydrogens is 350 g/mol. The van der Waals surface area contributed by atoms with Crippen LogP contribution in [0.4, 0.5) is 0 Å². The van der Waals surface area contributed by atoms with Gasteiger partial charge in [-0.1, -0.05) is 0 Å². The predicted molar refractivity (Wildman–Crippen MR) is 97.4 cm³/mol. The Kier molecular flexibility index (Phi) is 4.98. The van der Waals surface area contributed by atoms with Crippen LogP contribution in [0.2, 0.25) is 0 Å². The summed E-state index contributed by atoms with van der Waals surface area (Å²) in [4.78, 5) is 28.6. The number of esters is 2. The molecule has 3 aromatic rings. The number of aromatic nitrogens is 3. The number of furan rings is 1. The molecule has 0 N–H and O–H groups in total. The Morgan fingerprint density at radius 1 is 1.26 bits per heavy atom. The van der Waals surface area contributed by atoms with E-state index in [9.17, 15) is 9.59 Å². The number of hydrogen-bond acceptors (Lipinski definition) is 7. The van der Waals surface area contributed by atoms with Gasteiger partial charge in [-0.05, 0) is 39.8 Å². The van der Waals surface area contributed by atoms with Crippen molar-refractivity contribution in [2.45, 2.75) is 33.7 Å². The maximum absolute atomic E-state index is 12.6. The quantitative estimate of drug-likeness (QED) is 0.635. The Morgan fingerprint density at radius 3 is 2.59 bits per heavy atom. The summed E-state index contributed by atoms with van der Waals surface area (Å²) in [6.45, 7) is 7.17. The Balaban J connectivity index is 2.15. The van der Waals surface area contributed by atoms with Crippen molar-refractivity contribution in [3.63, 3.8) is 0 Å². The number of fused-ring (bicyclic) bond motifs is 1. The Hall–Kier alpha value is -3.16. The van der Waals surface area contributed by atoms with Crippen molar-refractivity contribution < 1.29 is 23.5 Å². The van der Waals surface area contributed by atoms with Crippen molar-refractivity contribution >= 4 is 23.0 Å². The molecule has 8 heteroatoms. The van der Waals surface area contributed by atoms with Gasteiger partial charge in [0.15, 0.2) is 12.3 Å². The first kappa shape index (κ1) is 18.6. The van der Waals surface area contributed by atoms with E-state index in [0.717, 1.165) is 11.3 Å². The molecule has 0 aliphatic heterocycles. The first-order valence-corrected chi connectivity index (χ1v) is 8.51. The summed E-state index contributed by atoms with van der Waals surface area (Å²) in [6, 6.07) is 3.55. The fraction of sp³-hybridized carbons (Fsp3) is 0.368. The van der Waals surface area contributed by atoms with Gasteiger partial charge in [-0.2, -0.15) is 5.10 Å². The minimum Gasteiger partial charge on any atom is -0.466 e. The monoisotopic (exact) mass is 371 g/mol. The molecule has 3 heterocycles. The van der Waals surface area contributed by atoms with Crippen LogP contribution >= 0.6 is 0 Å². The van der Waals surface area contributed by atoms with E-state index in [1.54, 1.807) is 16.9 Å². The van der Waals surface area contributed by atoms with Crippen molar-refractivity contribution in [2.24, 2.45) is 0 Å². The molecule has 0 aromatic carbocycles. The molecule has 3 aromatic heterocycles. The van der Waals surface area contributed by atoms with Gasteiger partial charge in [-0.25, -0.2) is 19.3 Å². The van der Waals surface area contributed by atoms with Gasteiger partial charge in [0, 0.05) is 11.6 Å². The summed E-state index contributed by atoms with van der Waals surface area (Å²) >= 11 is 0. The van der Waals surface area contributed by atoms with Crippen LogP contribution in [-0.4, -0.2) is 40.4 Å². The maximum Gasteiger partial charge on any atom is 0.344 e. The van der Waals surface area contributed by atoms with E-state index in [2.05, 4.69) is 9.84 Å². The van der Waals surface area contributed by atoms with Gasteiger partial charge in [0.1, 0.15) is 11.5 Å². The highest BCUT2D eigenvalue weighted by molar-refractivity contribution is 6.04. The van der Waals surface area contributed by atoms with Crippen LogP contribution in [0.1, 0.15) is 41.8 Å². The molecule has 0 aliphatic rings. The molecule has 3 rings (SSSR count). The van der Waals surface area contributed by atoms with Crippen molar-refractivity contribution in [3.8, 4) is 11.3 Å². The number of carbonyl (C=O) groups is 2. The average Bonchev–Trinajstić information content (AvgIpc) is 3.20. The third-order valence-corrected chi connectivity index (χ3v) is 4.14. The number of aryl methyl sites for hydroxylation is 2. The van der Waals surface area contributed by atoms with E-state index in [1.165, 1.54) is 7.11 Å². The molecule has 0 radical (unpaired) electrons. The summed E-state index contributed by atoms with van der Waals surface area (Å²) < 4.78 is 16.9. The smallest absolute Gasteiger partial charge is 0.344 e. The largest absolute Gasteiger partial charge is 0.466 e. The number of nitrogens with zero attached hydrogens (tertiary/aromatic N) is 3. The fourth-order valence-electron chi connectivity index (χ4n) is 2.85. The molecule has 0 atom stereocenters. The third-order valence-electron chi connectivity index (χ3n) is 4.14. The van der Waals surface area contributed by atoms with Gasteiger partial charge in [-0.3, -0.25) is 0 Å². The standard InChI is InChI=1S/C19H21N3O5/c1-10(2)22-18-15(8-20-22)14(19(24)26-9-17(23)25-5)7-16(21-18)13-6-11(3)27-12(13)4/h6-8,10H,9H2,1-5H3. The molecular formula is C19H21N3O5. The number of methoxy groups -OCH3 is 1. The lowest BCUT2D eigenvalue weighted by Gasteiger charge is -2.10. The SMILES string of the molecule is COC(=O)COC(=O)c1cc(-c2cc(C)oc2C)nc2c1cnn2C(C)C. The Labute approximate surface area is 156 Å². The highest BCUT2D eigenvalue weighted by Gasteiger charge is 2.21. The minimum atomic E-state index is -0.643. The van der Waals surface area contributed by atoms with Crippen molar-refractivity contribution in [1.29, 1.82) is 0 Å².